The van der Waals surface area contributed by atoms with E-state index in [-0.39, 0.29) is 6.04 Å². The molecular formula is C18H22ClN. The second kappa shape index (κ2) is 5.88. The molecule has 106 valence electrons. The van der Waals surface area contributed by atoms with Crippen LogP contribution in [0.25, 0.3) is 0 Å². The lowest BCUT2D eigenvalue weighted by molar-refractivity contribution is 0.862. The molecule has 0 radical (unpaired) electrons. The summed E-state index contributed by atoms with van der Waals surface area (Å²) in [6, 6.07) is 10.9. The monoisotopic (exact) mass is 287 g/mol. The zero-order chi connectivity index (χ0) is 14.9. The van der Waals surface area contributed by atoms with Gasteiger partial charge in [0.15, 0.2) is 0 Å². The average Bonchev–Trinajstić information content (AvgIpc) is 2.32. The SMILES string of the molecule is Cc1cc(C)c(C(C)Nc2ccc(C)c(Cl)c2)c(C)c1. The molecule has 0 aliphatic heterocycles. The lowest BCUT2D eigenvalue weighted by Gasteiger charge is -2.21. The van der Waals surface area contributed by atoms with E-state index in [9.17, 15) is 0 Å². The average molecular weight is 288 g/mol. The molecule has 20 heavy (non-hydrogen) atoms. The number of aryl methyl sites for hydroxylation is 4. The van der Waals surface area contributed by atoms with Crippen molar-refractivity contribution < 1.29 is 0 Å². The van der Waals surface area contributed by atoms with Gasteiger partial charge >= 0.3 is 0 Å². The number of rotatable bonds is 3. The number of halogens is 1. The van der Waals surface area contributed by atoms with Crippen LogP contribution < -0.4 is 5.32 Å². The third-order valence-electron chi connectivity index (χ3n) is 3.73. The fraction of sp³-hybridized carbons (Fsp3) is 0.333. The van der Waals surface area contributed by atoms with E-state index in [4.69, 9.17) is 11.6 Å². The molecule has 2 rings (SSSR count). The summed E-state index contributed by atoms with van der Waals surface area (Å²) in [5.74, 6) is 0. The molecule has 0 saturated heterocycles. The predicted octanol–water partition coefficient (Wildman–Crippen LogP) is 5.75. The first-order valence-electron chi connectivity index (χ1n) is 6.99. The smallest absolute Gasteiger partial charge is 0.0490 e. The maximum absolute atomic E-state index is 6.19. The molecule has 2 aromatic rings. The Morgan fingerprint density at radius 3 is 2.05 bits per heavy atom. The maximum Gasteiger partial charge on any atom is 0.0490 e. The Morgan fingerprint density at radius 1 is 0.900 bits per heavy atom. The highest BCUT2D eigenvalue weighted by atomic mass is 35.5. The van der Waals surface area contributed by atoms with Gasteiger partial charge in [-0.2, -0.15) is 0 Å². The van der Waals surface area contributed by atoms with Crippen LogP contribution in [0.4, 0.5) is 5.69 Å². The van der Waals surface area contributed by atoms with Crippen molar-refractivity contribution in [3.63, 3.8) is 0 Å². The van der Waals surface area contributed by atoms with Crippen molar-refractivity contribution in [1.29, 1.82) is 0 Å². The van der Waals surface area contributed by atoms with Crippen molar-refractivity contribution in [2.45, 2.75) is 40.7 Å². The molecule has 2 aromatic carbocycles. The van der Waals surface area contributed by atoms with Gasteiger partial charge in [0.2, 0.25) is 0 Å². The van der Waals surface area contributed by atoms with E-state index in [1.165, 1.54) is 22.3 Å². The van der Waals surface area contributed by atoms with Crippen LogP contribution in [0, 0.1) is 27.7 Å². The molecule has 1 N–H and O–H groups in total. The van der Waals surface area contributed by atoms with Crippen LogP contribution in [0.3, 0.4) is 0 Å². The molecule has 0 aromatic heterocycles. The molecule has 2 heteroatoms. The fourth-order valence-corrected chi connectivity index (χ4v) is 3.06. The highest BCUT2D eigenvalue weighted by Gasteiger charge is 2.12. The zero-order valence-electron chi connectivity index (χ0n) is 12.8. The second-order valence-electron chi connectivity index (χ2n) is 5.64. The van der Waals surface area contributed by atoms with Crippen LogP contribution in [-0.2, 0) is 0 Å². The van der Waals surface area contributed by atoms with Gasteiger partial charge in [-0.1, -0.05) is 35.4 Å². The first-order valence-corrected chi connectivity index (χ1v) is 7.36. The molecule has 0 heterocycles. The first-order chi connectivity index (χ1) is 9.38. The van der Waals surface area contributed by atoms with E-state index in [1.807, 2.05) is 19.1 Å². The van der Waals surface area contributed by atoms with Crippen molar-refractivity contribution in [2.75, 3.05) is 5.32 Å². The fourth-order valence-electron chi connectivity index (χ4n) is 2.88. The van der Waals surface area contributed by atoms with Crippen molar-refractivity contribution in [1.82, 2.24) is 0 Å². The molecule has 0 amide bonds. The minimum atomic E-state index is 0.259. The van der Waals surface area contributed by atoms with Crippen LogP contribution in [0.1, 0.15) is 40.8 Å². The summed E-state index contributed by atoms with van der Waals surface area (Å²) in [7, 11) is 0. The number of anilines is 1. The molecule has 0 spiro atoms. The Morgan fingerprint density at radius 2 is 1.50 bits per heavy atom. The summed E-state index contributed by atoms with van der Waals surface area (Å²) >= 11 is 6.19. The lowest BCUT2D eigenvalue weighted by Crippen LogP contribution is -2.10. The Balaban J connectivity index is 2.28. The summed E-state index contributed by atoms with van der Waals surface area (Å²) in [6.07, 6.45) is 0. The van der Waals surface area contributed by atoms with Gasteiger partial charge < -0.3 is 5.32 Å². The van der Waals surface area contributed by atoms with E-state index >= 15 is 0 Å². The van der Waals surface area contributed by atoms with Crippen LogP contribution in [-0.4, -0.2) is 0 Å². The number of hydrogen-bond donors (Lipinski definition) is 1. The van der Waals surface area contributed by atoms with Gasteiger partial charge in [-0.15, -0.1) is 0 Å². The third-order valence-corrected chi connectivity index (χ3v) is 4.13. The summed E-state index contributed by atoms with van der Waals surface area (Å²) in [4.78, 5) is 0. The Kier molecular flexibility index (Phi) is 4.39. The highest BCUT2D eigenvalue weighted by molar-refractivity contribution is 6.31. The van der Waals surface area contributed by atoms with Gasteiger partial charge in [-0.05, 0) is 69.0 Å². The highest BCUT2D eigenvalue weighted by Crippen LogP contribution is 2.28. The van der Waals surface area contributed by atoms with Gasteiger partial charge in [0.1, 0.15) is 0 Å². The van der Waals surface area contributed by atoms with Crippen molar-refractivity contribution in [2.24, 2.45) is 0 Å². The van der Waals surface area contributed by atoms with Crippen LogP contribution in [0.2, 0.25) is 5.02 Å². The molecule has 1 atom stereocenters. The molecule has 0 saturated carbocycles. The third kappa shape index (κ3) is 3.16. The number of hydrogen-bond acceptors (Lipinski definition) is 1. The Bertz CT molecular complexity index is 608. The summed E-state index contributed by atoms with van der Waals surface area (Å²) < 4.78 is 0. The van der Waals surface area contributed by atoms with E-state index in [0.29, 0.717) is 0 Å². The standard InChI is InChI=1S/C18H22ClN/c1-11-8-13(3)18(14(4)9-11)15(5)20-16-7-6-12(2)17(19)10-16/h6-10,15,20H,1-5H3. The minimum absolute atomic E-state index is 0.259. The Hall–Kier alpha value is -1.47. The maximum atomic E-state index is 6.19. The van der Waals surface area contributed by atoms with Gasteiger partial charge in [-0.25, -0.2) is 0 Å². The number of benzene rings is 2. The summed E-state index contributed by atoms with van der Waals surface area (Å²) in [6.45, 7) is 10.7. The van der Waals surface area contributed by atoms with Crippen molar-refractivity contribution >= 4 is 17.3 Å². The minimum Gasteiger partial charge on any atom is -0.378 e. The van der Waals surface area contributed by atoms with Gasteiger partial charge in [0.05, 0.1) is 0 Å². The topological polar surface area (TPSA) is 12.0 Å². The summed E-state index contributed by atoms with van der Waals surface area (Å²) in [5, 5.41) is 4.35. The lowest BCUT2D eigenvalue weighted by atomic mass is 9.94. The molecule has 0 bridgehead atoms. The van der Waals surface area contributed by atoms with Crippen LogP contribution >= 0.6 is 11.6 Å². The predicted molar refractivity (Wildman–Crippen MR) is 88.9 cm³/mol. The van der Waals surface area contributed by atoms with Crippen LogP contribution in [0.15, 0.2) is 30.3 Å². The molecule has 0 fully saturated rings. The molecule has 0 aliphatic rings. The largest absolute Gasteiger partial charge is 0.378 e. The molecule has 1 unspecified atom stereocenters. The van der Waals surface area contributed by atoms with E-state index in [0.717, 1.165) is 16.3 Å². The van der Waals surface area contributed by atoms with Crippen molar-refractivity contribution in [3.05, 3.63) is 63.2 Å². The van der Waals surface area contributed by atoms with Gasteiger partial charge in [0, 0.05) is 16.8 Å². The Labute approximate surface area is 127 Å². The van der Waals surface area contributed by atoms with E-state index in [1.54, 1.807) is 0 Å². The molecule has 1 nitrogen and oxygen atoms in total. The second-order valence-corrected chi connectivity index (χ2v) is 6.05. The first kappa shape index (κ1) is 14.9. The number of nitrogens with one attached hydrogen (secondary N) is 1. The van der Waals surface area contributed by atoms with E-state index < -0.39 is 0 Å². The van der Waals surface area contributed by atoms with E-state index in [2.05, 4.69) is 51.2 Å². The molecule has 0 aliphatic carbocycles. The zero-order valence-corrected chi connectivity index (χ0v) is 13.6. The summed E-state index contributed by atoms with van der Waals surface area (Å²) in [5.41, 5.74) is 7.52. The van der Waals surface area contributed by atoms with Crippen molar-refractivity contribution in [3.8, 4) is 0 Å². The van der Waals surface area contributed by atoms with Gasteiger partial charge in [0.25, 0.3) is 0 Å². The quantitative estimate of drug-likeness (QED) is 0.758. The van der Waals surface area contributed by atoms with Gasteiger partial charge in [-0.3, -0.25) is 0 Å². The van der Waals surface area contributed by atoms with Crippen LogP contribution in [0.5, 0.6) is 0 Å². The normalized spacial score (nSPS) is 12.3. The molecular weight excluding hydrogens is 266 g/mol.